The van der Waals surface area contributed by atoms with E-state index in [1.165, 1.54) is 5.01 Å². The van der Waals surface area contributed by atoms with Gasteiger partial charge in [-0.25, -0.2) is 4.98 Å². The van der Waals surface area contributed by atoms with Crippen molar-refractivity contribution in [1.29, 1.82) is 0 Å². The van der Waals surface area contributed by atoms with Crippen LogP contribution in [0.25, 0.3) is 0 Å². The van der Waals surface area contributed by atoms with Crippen molar-refractivity contribution in [2.24, 2.45) is 0 Å². The molecule has 1 aliphatic rings. The number of carbonyl (C=O) groups is 1. The predicted octanol–water partition coefficient (Wildman–Crippen LogP) is 2.15. The van der Waals surface area contributed by atoms with E-state index in [4.69, 9.17) is 0 Å². The van der Waals surface area contributed by atoms with Crippen molar-refractivity contribution >= 4 is 17.2 Å². The molecule has 1 atom stereocenters. The van der Waals surface area contributed by atoms with E-state index in [0.29, 0.717) is 0 Å². The number of hydrogen-bond donors (Lipinski definition) is 0. The number of carbonyl (C=O) groups excluding carboxylic acids is 1. The summed E-state index contributed by atoms with van der Waals surface area (Å²) in [5.41, 5.74) is 1.12. The summed E-state index contributed by atoms with van der Waals surface area (Å²) in [5.74, 6) is 0.224. The first kappa shape index (κ1) is 14.5. The van der Waals surface area contributed by atoms with E-state index >= 15 is 0 Å². The molecule has 1 aliphatic heterocycles. The first-order valence-electron chi connectivity index (χ1n) is 7.00. The molecule has 1 aromatic heterocycles. The number of nitrogens with zero attached hydrogens (tertiary/aromatic N) is 3. The molecule has 4 nitrogen and oxygen atoms in total. The van der Waals surface area contributed by atoms with Crippen LogP contribution in [-0.4, -0.2) is 47.4 Å². The van der Waals surface area contributed by atoms with Gasteiger partial charge in [0.2, 0.25) is 5.91 Å². The molecular weight excluding hydrogens is 258 g/mol. The fraction of sp³-hybridized carbons (Fsp3) is 0.714. The zero-order valence-electron chi connectivity index (χ0n) is 12.1. The quantitative estimate of drug-likeness (QED) is 0.830. The van der Waals surface area contributed by atoms with Crippen LogP contribution in [0.5, 0.6) is 0 Å². The minimum Gasteiger partial charge on any atom is -0.347 e. The predicted molar refractivity (Wildman–Crippen MR) is 78.2 cm³/mol. The highest BCUT2D eigenvalue weighted by molar-refractivity contribution is 7.09. The van der Waals surface area contributed by atoms with Crippen LogP contribution in [0.4, 0.5) is 0 Å². The van der Waals surface area contributed by atoms with Crippen LogP contribution >= 0.6 is 11.3 Å². The van der Waals surface area contributed by atoms with Crippen molar-refractivity contribution < 1.29 is 4.79 Å². The Labute approximate surface area is 119 Å². The summed E-state index contributed by atoms with van der Waals surface area (Å²) in [5, 5.41) is 3.35. The largest absolute Gasteiger partial charge is 0.347 e. The average molecular weight is 281 g/mol. The second-order valence-corrected chi connectivity index (χ2v) is 6.29. The van der Waals surface area contributed by atoms with E-state index < -0.39 is 0 Å². The maximum atomic E-state index is 12.1. The molecule has 1 unspecified atom stereocenters. The van der Waals surface area contributed by atoms with Crippen molar-refractivity contribution in [2.75, 3.05) is 20.6 Å². The van der Waals surface area contributed by atoms with Gasteiger partial charge < -0.3 is 4.90 Å². The summed E-state index contributed by atoms with van der Waals surface area (Å²) in [6.07, 6.45) is 4.28. The van der Waals surface area contributed by atoms with Gasteiger partial charge in [0.05, 0.1) is 16.7 Å². The lowest BCUT2D eigenvalue weighted by Crippen LogP contribution is -2.42. The topological polar surface area (TPSA) is 36.4 Å². The molecule has 0 aliphatic carbocycles. The lowest BCUT2D eigenvalue weighted by atomic mass is 10.2. The van der Waals surface area contributed by atoms with Crippen molar-refractivity contribution in [2.45, 2.75) is 45.2 Å². The molecule has 1 fully saturated rings. The Morgan fingerprint density at radius 2 is 2.37 bits per heavy atom. The lowest BCUT2D eigenvalue weighted by molar-refractivity contribution is -0.133. The molecular formula is C14H23N3OS. The third-order valence-electron chi connectivity index (χ3n) is 3.52. The molecule has 1 saturated heterocycles. The zero-order chi connectivity index (χ0) is 13.8. The second kappa shape index (κ2) is 6.48. The van der Waals surface area contributed by atoms with Crippen molar-refractivity contribution in [1.82, 2.24) is 14.8 Å². The van der Waals surface area contributed by atoms with Gasteiger partial charge in [0.1, 0.15) is 0 Å². The average Bonchev–Trinajstić information content (AvgIpc) is 2.99. The summed E-state index contributed by atoms with van der Waals surface area (Å²) >= 11 is 1.74. The number of aromatic nitrogens is 1. The van der Waals surface area contributed by atoms with Gasteiger partial charge in [0, 0.05) is 26.0 Å². The maximum Gasteiger partial charge on any atom is 0.239 e. The second-order valence-electron chi connectivity index (χ2n) is 5.34. The monoisotopic (exact) mass is 281 g/mol. The van der Waals surface area contributed by atoms with E-state index in [-0.39, 0.29) is 11.9 Å². The fourth-order valence-electron chi connectivity index (χ4n) is 2.55. The number of amides is 1. The SMILES string of the molecule is CCCc1nc(CN2CCCC2C(=O)N(C)C)cs1. The van der Waals surface area contributed by atoms with E-state index in [1.54, 1.807) is 16.2 Å². The van der Waals surface area contributed by atoms with Crippen molar-refractivity contribution in [3.05, 3.63) is 16.1 Å². The Hall–Kier alpha value is -0.940. The molecule has 1 aromatic rings. The van der Waals surface area contributed by atoms with Gasteiger partial charge in [-0.3, -0.25) is 9.69 Å². The van der Waals surface area contributed by atoms with Gasteiger partial charge >= 0.3 is 0 Å². The Kier molecular flexibility index (Phi) is 4.93. The standard InChI is InChI=1S/C14H23N3OS/c1-4-6-13-15-11(10-19-13)9-17-8-5-7-12(17)14(18)16(2)3/h10,12H,4-9H2,1-3H3. The molecule has 1 amide bonds. The lowest BCUT2D eigenvalue weighted by Gasteiger charge is -2.25. The van der Waals surface area contributed by atoms with Gasteiger partial charge in [0.25, 0.3) is 0 Å². The van der Waals surface area contributed by atoms with Crippen LogP contribution in [0.2, 0.25) is 0 Å². The van der Waals surface area contributed by atoms with E-state index in [2.05, 4.69) is 22.2 Å². The minimum atomic E-state index is 0.0475. The van der Waals surface area contributed by atoms with Crippen LogP contribution in [-0.2, 0) is 17.8 Å². The Morgan fingerprint density at radius 1 is 1.58 bits per heavy atom. The molecule has 0 N–H and O–H groups in total. The molecule has 106 valence electrons. The first-order valence-corrected chi connectivity index (χ1v) is 7.88. The van der Waals surface area contributed by atoms with Crippen LogP contribution in [0.3, 0.4) is 0 Å². The molecule has 19 heavy (non-hydrogen) atoms. The van der Waals surface area contributed by atoms with Crippen LogP contribution < -0.4 is 0 Å². The van der Waals surface area contributed by atoms with E-state index in [0.717, 1.165) is 44.5 Å². The van der Waals surface area contributed by atoms with E-state index in [1.807, 2.05) is 14.1 Å². The normalized spacial score (nSPS) is 19.8. The summed E-state index contributed by atoms with van der Waals surface area (Å²) in [6.45, 7) is 3.99. The molecule has 0 spiro atoms. The number of aryl methyl sites for hydroxylation is 1. The van der Waals surface area contributed by atoms with Gasteiger partial charge in [-0.2, -0.15) is 0 Å². The fourth-order valence-corrected chi connectivity index (χ4v) is 3.44. The number of likely N-dealkylation sites (N-methyl/N-ethyl adjacent to an activating group) is 1. The molecule has 2 rings (SSSR count). The highest BCUT2D eigenvalue weighted by Crippen LogP contribution is 2.22. The molecule has 5 heteroatoms. The highest BCUT2D eigenvalue weighted by atomic mass is 32.1. The van der Waals surface area contributed by atoms with Gasteiger partial charge in [-0.15, -0.1) is 11.3 Å². The van der Waals surface area contributed by atoms with Crippen LogP contribution in [0.1, 0.15) is 36.9 Å². The Bertz CT molecular complexity index is 430. The number of rotatable bonds is 5. The Morgan fingerprint density at radius 3 is 3.05 bits per heavy atom. The van der Waals surface area contributed by atoms with Gasteiger partial charge in [-0.1, -0.05) is 6.92 Å². The Balaban J connectivity index is 1.98. The third kappa shape index (κ3) is 3.54. The molecule has 2 heterocycles. The molecule has 0 radical (unpaired) electrons. The zero-order valence-corrected chi connectivity index (χ0v) is 12.9. The van der Waals surface area contributed by atoms with Crippen molar-refractivity contribution in [3.63, 3.8) is 0 Å². The number of thiazole rings is 1. The van der Waals surface area contributed by atoms with E-state index in [9.17, 15) is 4.79 Å². The summed E-state index contributed by atoms with van der Waals surface area (Å²) in [7, 11) is 3.67. The third-order valence-corrected chi connectivity index (χ3v) is 4.48. The first-order chi connectivity index (χ1) is 9.11. The minimum absolute atomic E-state index is 0.0475. The summed E-state index contributed by atoms with van der Waals surface area (Å²) < 4.78 is 0. The molecule has 0 aromatic carbocycles. The van der Waals surface area contributed by atoms with Gasteiger partial charge in [-0.05, 0) is 32.2 Å². The van der Waals surface area contributed by atoms with Crippen LogP contribution in [0.15, 0.2) is 5.38 Å². The number of hydrogen-bond acceptors (Lipinski definition) is 4. The molecule has 0 saturated carbocycles. The van der Waals surface area contributed by atoms with Crippen molar-refractivity contribution in [3.8, 4) is 0 Å². The maximum absolute atomic E-state index is 12.1. The summed E-state index contributed by atoms with van der Waals surface area (Å²) in [4.78, 5) is 20.7. The number of likely N-dealkylation sites (tertiary alicyclic amines) is 1. The summed E-state index contributed by atoms with van der Waals surface area (Å²) in [6, 6.07) is 0.0475. The smallest absolute Gasteiger partial charge is 0.239 e. The highest BCUT2D eigenvalue weighted by Gasteiger charge is 2.31. The van der Waals surface area contributed by atoms with Crippen LogP contribution in [0, 0.1) is 0 Å². The van der Waals surface area contributed by atoms with Gasteiger partial charge in [0.15, 0.2) is 0 Å². The molecule has 0 bridgehead atoms.